The van der Waals surface area contributed by atoms with Gasteiger partial charge in [0.05, 0.1) is 0 Å². The van der Waals surface area contributed by atoms with Crippen molar-refractivity contribution in [2.24, 2.45) is 0 Å². The molecule has 0 bridgehead atoms. The average Bonchev–Trinajstić information content (AvgIpc) is 2.57. The summed E-state index contributed by atoms with van der Waals surface area (Å²) in [5, 5.41) is 9.75. The molecule has 1 atom stereocenters. The lowest BCUT2D eigenvalue weighted by atomic mass is 9.86. The Morgan fingerprint density at radius 3 is 1.91 bits per heavy atom. The number of rotatable bonds is 4. The highest BCUT2D eigenvalue weighted by Gasteiger charge is 2.24. The zero-order chi connectivity index (χ0) is 15.4. The van der Waals surface area contributed by atoms with Gasteiger partial charge in [-0.3, -0.25) is 4.79 Å². The van der Waals surface area contributed by atoms with E-state index in [4.69, 9.17) is 0 Å². The summed E-state index contributed by atoms with van der Waals surface area (Å²) in [5.41, 5.74) is 3.59. The molecule has 0 radical (unpaired) electrons. The monoisotopic (exact) mass is 288 g/mol. The normalized spacial score (nSPS) is 11.8. The summed E-state index contributed by atoms with van der Waals surface area (Å²) in [6.07, 6.45) is 0. The standard InChI is InChI=1S/C20H16O2/c21-20(22)19(16-11-5-2-6-12-16)18-14-8-7-13-17(18)15-9-3-1-4-10-15/h1-14,19H,(H,21,22). The van der Waals surface area contributed by atoms with E-state index in [1.54, 1.807) is 0 Å². The van der Waals surface area contributed by atoms with E-state index in [-0.39, 0.29) is 0 Å². The second kappa shape index (κ2) is 6.27. The zero-order valence-electron chi connectivity index (χ0n) is 12.0. The molecule has 0 aromatic heterocycles. The fraction of sp³-hybridized carbons (Fsp3) is 0.0500. The van der Waals surface area contributed by atoms with E-state index >= 15 is 0 Å². The summed E-state index contributed by atoms with van der Waals surface area (Å²) in [7, 11) is 0. The second-order valence-electron chi connectivity index (χ2n) is 5.14. The Labute approximate surface area is 129 Å². The number of carbonyl (C=O) groups is 1. The molecule has 3 rings (SSSR count). The maximum Gasteiger partial charge on any atom is 0.315 e. The predicted octanol–water partition coefficient (Wildman–Crippen LogP) is 4.57. The first-order valence-electron chi connectivity index (χ1n) is 7.19. The fourth-order valence-electron chi connectivity index (χ4n) is 2.73. The zero-order valence-corrected chi connectivity index (χ0v) is 12.0. The van der Waals surface area contributed by atoms with Crippen LogP contribution in [0.4, 0.5) is 0 Å². The molecule has 0 aliphatic carbocycles. The van der Waals surface area contributed by atoms with Gasteiger partial charge in [0.25, 0.3) is 0 Å². The van der Waals surface area contributed by atoms with E-state index < -0.39 is 11.9 Å². The smallest absolute Gasteiger partial charge is 0.315 e. The summed E-state index contributed by atoms with van der Waals surface area (Å²) in [6.45, 7) is 0. The SMILES string of the molecule is O=C(O)C(c1ccccc1)c1ccccc1-c1ccccc1. The number of aliphatic carboxylic acids is 1. The van der Waals surface area contributed by atoms with Crippen LogP contribution in [0.5, 0.6) is 0 Å². The maximum absolute atomic E-state index is 11.9. The molecule has 2 nitrogen and oxygen atoms in total. The number of carboxylic acids is 1. The molecule has 2 heteroatoms. The van der Waals surface area contributed by atoms with Gasteiger partial charge in [-0.05, 0) is 22.3 Å². The first kappa shape index (κ1) is 14.1. The molecule has 1 N–H and O–H groups in total. The van der Waals surface area contributed by atoms with Crippen molar-refractivity contribution in [1.29, 1.82) is 0 Å². The van der Waals surface area contributed by atoms with Crippen LogP contribution in [-0.2, 0) is 4.79 Å². The lowest BCUT2D eigenvalue weighted by Gasteiger charge is -2.17. The van der Waals surface area contributed by atoms with Crippen LogP contribution in [0.15, 0.2) is 84.9 Å². The van der Waals surface area contributed by atoms with Crippen LogP contribution in [-0.4, -0.2) is 11.1 Å². The van der Waals surface area contributed by atoms with Gasteiger partial charge < -0.3 is 5.11 Å². The predicted molar refractivity (Wildman–Crippen MR) is 87.8 cm³/mol. The minimum atomic E-state index is -0.838. The van der Waals surface area contributed by atoms with E-state index in [1.165, 1.54) is 0 Å². The van der Waals surface area contributed by atoms with Gasteiger partial charge in [-0.15, -0.1) is 0 Å². The molecule has 3 aromatic carbocycles. The van der Waals surface area contributed by atoms with Crippen LogP contribution in [0.3, 0.4) is 0 Å². The molecule has 0 heterocycles. The molecule has 0 aliphatic heterocycles. The fourth-order valence-corrected chi connectivity index (χ4v) is 2.73. The third kappa shape index (κ3) is 2.77. The van der Waals surface area contributed by atoms with E-state index in [0.29, 0.717) is 0 Å². The molecule has 1 unspecified atom stereocenters. The van der Waals surface area contributed by atoms with Crippen LogP contribution in [0, 0.1) is 0 Å². The van der Waals surface area contributed by atoms with Crippen molar-refractivity contribution in [3.8, 4) is 11.1 Å². The minimum Gasteiger partial charge on any atom is -0.481 e. The topological polar surface area (TPSA) is 37.3 Å². The van der Waals surface area contributed by atoms with Crippen LogP contribution in [0.2, 0.25) is 0 Å². The Bertz CT molecular complexity index is 764. The number of carboxylic acid groups (broad SMARTS) is 1. The van der Waals surface area contributed by atoms with Crippen molar-refractivity contribution in [2.45, 2.75) is 5.92 Å². The first-order chi connectivity index (χ1) is 10.8. The highest BCUT2D eigenvalue weighted by molar-refractivity contribution is 5.84. The Morgan fingerprint density at radius 2 is 1.27 bits per heavy atom. The van der Waals surface area contributed by atoms with Gasteiger partial charge in [-0.2, -0.15) is 0 Å². The molecule has 0 saturated heterocycles. The van der Waals surface area contributed by atoms with Crippen LogP contribution in [0.1, 0.15) is 17.0 Å². The summed E-state index contributed by atoms with van der Waals surface area (Å²) in [6, 6.07) is 27.0. The molecule has 0 fully saturated rings. The molecule has 22 heavy (non-hydrogen) atoms. The molecule has 0 saturated carbocycles. The molecule has 3 aromatic rings. The van der Waals surface area contributed by atoms with E-state index in [9.17, 15) is 9.90 Å². The molecular weight excluding hydrogens is 272 g/mol. The lowest BCUT2D eigenvalue weighted by Crippen LogP contribution is -2.14. The van der Waals surface area contributed by atoms with E-state index in [0.717, 1.165) is 22.3 Å². The van der Waals surface area contributed by atoms with Gasteiger partial charge in [-0.25, -0.2) is 0 Å². The highest BCUT2D eigenvalue weighted by atomic mass is 16.4. The van der Waals surface area contributed by atoms with Gasteiger partial charge in [-0.1, -0.05) is 84.9 Å². The van der Waals surface area contributed by atoms with E-state index in [1.807, 2.05) is 84.9 Å². The van der Waals surface area contributed by atoms with Gasteiger partial charge in [0.1, 0.15) is 5.92 Å². The van der Waals surface area contributed by atoms with E-state index in [2.05, 4.69) is 0 Å². The van der Waals surface area contributed by atoms with Crippen LogP contribution >= 0.6 is 0 Å². The minimum absolute atomic E-state index is 0.669. The summed E-state index contributed by atoms with van der Waals surface area (Å²) < 4.78 is 0. The second-order valence-corrected chi connectivity index (χ2v) is 5.14. The highest BCUT2D eigenvalue weighted by Crippen LogP contribution is 2.33. The van der Waals surface area contributed by atoms with Crippen molar-refractivity contribution in [2.75, 3.05) is 0 Å². The molecule has 0 aliphatic rings. The van der Waals surface area contributed by atoms with Crippen molar-refractivity contribution in [3.63, 3.8) is 0 Å². The first-order valence-corrected chi connectivity index (χ1v) is 7.19. The van der Waals surface area contributed by atoms with Crippen molar-refractivity contribution >= 4 is 5.97 Å². The average molecular weight is 288 g/mol. The Balaban J connectivity index is 2.16. The van der Waals surface area contributed by atoms with Gasteiger partial charge in [0.2, 0.25) is 0 Å². The Kier molecular flexibility index (Phi) is 4.01. The van der Waals surface area contributed by atoms with Crippen LogP contribution in [0.25, 0.3) is 11.1 Å². The van der Waals surface area contributed by atoms with Crippen molar-refractivity contribution in [3.05, 3.63) is 96.1 Å². The summed E-state index contributed by atoms with van der Waals surface area (Å²) in [4.78, 5) is 11.9. The van der Waals surface area contributed by atoms with Crippen LogP contribution < -0.4 is 0 Å². The molecule has 0 amide bonds. The third-order valence-electron chi connectivity index (χ3n) is 3.74. The Morgan fingerprint density at radius 1 is 0.727 bits per heavy atom. The number of hydrogen-bond donors (Lipinski definition) is 1. The molecular formula is C20H16O2. The molecule has 0 spiro atoms. The number of benzene rings is 3. The van der Waals surface area contributed by atoms with Gasteiger partial charge >= 0.3 is 5.97 Å². The summed E-state index contributed by atoms with van der Waals surface area (Å²) >= 11 is 0. The van der Waals surface area contributed by atoms with Gasteiger partial charge in [0, 0.05) is 0 Å². The quantitative estimate of drug-likeness (QED) is 0.763. The van der Waals surface area contributed by atoms with Crippen molar-refractivity contribution < 1.29 is 9.90 Å². The maximum atomic E-state index is 11.9. The molecule has 108 valence electrons. The third-order valence-corrected chi connectivity index (χ3v) is 3.74. The lowest BCUT2D eigenvalue weighted by molar-refractivity contribution is -0.137. The Hall–Kier alpha value is -2.87. The van der Waals surface area contributed by atoms with Crippen molar-refractivity contribution in [1.82, 2.24) is 0 Å². The number of hydrogen-bond acceptors (Lipinski definition) is 1. The van der Waals surface area contributed by atoms with Gasteiger partial charge in [0.15, 0.2) is 0 Å². The largest absolute Gasteiger partial charge is 0.481 e. The summed E-state index contributed by atoms with van der Waals surface area (Å²) in [5.74, 6) is -1.51.